The van der Waals surface area contributed by atoms with Gasteiger partial charge in [0.1, 0.15) is 5.41 Å². The van der Waals surface area contributed by atoms with Gasteiger partial charge in [0.05, 0.1) is 0 Å². The summed E-state index contributed by atoms with van der Waals surface area (Å²) in [5, 5.41) is 9.39. The lowest BCUT2D eigenvalue weighted by Gasteiger charge is -2.33. The van der Waals surface area contributed by atoms with Crippen LogP contribution in [0.5, 0.6) is 0 Å². The van der Waals surface area contributed by atoms with Crippen molar-refractivity contribution in [2.24, 2.45) is 23.2 Å². The lowest BCUT2D eigenvalue weighted by molar-refractivity contribution is -0.158. The van der Waals surface area contributed by atoms with E-state index in [9.17, 15) is 14.7 Å². The molecule has 0 bridgehead atoms. The van der Waals surface area contributed by atoms with E-state index in [1.807, 2.05) is 27.7 Å². The Balaban J connectivity index is 5.40. The van der Waals surface area contributed by atoms with Gasteiger partial charge < -0.3 is 5.11 Å². The van der Waals surface area contributed by atoms with Gasteiger partial charge in [-0.2, -0.15) is 0 Å². The number of carboxylic acid groups (broad SMARTS) is 1. The van der Waals surface area contributed by atoms with E-state index >= 15 is 0 Å². The Hall–Kier alpha value is -0.860. The SMILES string of the molecule is CCC(CC)(C(=O)O)C(=O)C(C(C)C)C(C)C. The molecule has 0 amide bonds. The fraction of sp³-hybridized carbons (Fsp3) is 0.857. The van der Waals surface area contributed by atoms with Crippen molar-refractivity contribution < 1.29 is 14.7 Å². The van der Waals surface area contributed by atoms with E-state index in [0.717, 1.165) is 0 Å². The van der Waals surface area contributed by atoms with Crippen molar-refractivity contribution in [3.8, 4) is 0 Å². The van der Waals surface area contributed by atoms with Crippen LogP contribution in [0.25, 0.3) is 0 Å². The first-order valence-electron chi connectivity index (χ1n) is 6.52. The molecule has 0 aromatic carbocycles. The fourth-order valence-electron chi connectivity index (χ4n) is 2.70. The fourth-order valence-corrected chi connectivity index (χ4v) is 2.70. The first kappa shape index (κ1) is 16.1. The zero-order valence-corrected chi connectivity index (χ0v) is 11.9. The van der Waals surface area contributed by atoms with Crippen molar-refractivity contribution in [3.05, 3.63) is 0 Å². The number of aliphatic carboxylic acids is 1. The molecule has 100 valence electrons. The summed E-state index contributed by atoms with van der Waals surface area (Å²) in [6.07, 6.45) is 0.737. The number of carbonyl (C=O) groups excluding carboxylic acids is 1. The van der Waals surface area contributed by atoms with Crippen LogP contribution in [0.1, 0.15) is 54.4 Å². The summed E-state index contributed by atoms with van der Waals surface area (Å²) in [5.41, 5.74) is -1.20. The van der Waals surface area contributed by atoms with Crippen LogP contribution in [-0.2, 0) is 9.59 Å². The maximum Gasteiger partial charge on any atom is 0.317 e. The van der Waals surface area contributed by atoms with E-state index < -0.39 is 11.4 Å². The molecule has 0 radical (unpaired) electrons. The van der Waals surface area contributed by atoms with Crippen molar-refractivity contribution in [3.63, 3.8) is 0 Å². The molecule has 0 heterocycles. The van der Waals surface area contributed by atoms with Gasteiger partial charge in [-0.1, -0.05) is 41.5 Å². The Morgan fingerprint density at radius 2 is 1.35 bits per heavy atom. The minimum atomic E-state index is -1.20. The van der Waals surface area contributed by atoms with E-state index in [1.54, 1.807) is 13.8 Å². The summed E-state index contributed by atoms with van der Waals surface area (Å²) in [6.45, 7) is 11.5. The van der Waals surface area contributed by atoms with Gasteiger partial charge in [0.15, 0.2) is 5.78 Å². The molecule has 0 aromatic rings. The molecule has 0 aliphatic heterocycles. The van der Waals surface area contributed by atoms with Gasteiger partial charge in [-0.25, -0.2) is 0 Å². The monoisotopic (exact) mass is 242 g/mol. The van der Waals surface area contributed by atoms with Crippen molar-refractivity contribution in [2.45, 2.75) is 54.4 Å². The van der Waals surface area contributed by atoms with Gasteiger partial charge in [0, 0.05) is 5.92 Å². The van der Waals surface area contributed by atoms with Crippen LogP contribution in [0.4, 0.5) is 0 Å². The smallest absolute Gasteiger partial charge is 0.317 e. The second-order valence-corrected chi connectivity index (χ2v) is 5.47. The molecule has 17 heavy (non-hydrogen) atoms. The molecular formula is C14H26O3. The average Bonchev–Trinajstić information content (AvgIpc) is 2.18. The zero-order chi connectivity index (χ0) is 13.8. The predicted octanol–water partition coefficient (Wildman–Crippen LogP) is 3.37. The second-order valence-electron chi connectivity index (χ2n) is 5.47. The molecule has 3 nitrogen and oxygen atoms in total. The van der Waals surface area contributed by atoms with E-state index in [0.29, 0.717) is 12.8 Å². The summed E-state index contributed by atoms with van der Waals surface area (Å²) >= 11 is 0. The summed E-state index contributed by atoms with van der Waals surface area (Å²) in [5.74, 6) is -0.886. The average molecular weight is 242 g/mol. The second kappa shape index (κ2) is 6.18. The van der Waals surface area contributed by atoms with Crippen molar-refractivity contribution in [1.29, 1.82) is 0 Å². The number of carboxylic acids is 1. The highest BCUT2D eigenvalue weighted by Gasteiger charge is 2.46. The third-order valence-corrected chi connectivity index (χ3v) is 3.83. The largest absolute Gasteiger partial charge is 0.480 e. The summed E-state index contributed by atoms with van der Waals surface area (Å²) < 4.78 is 0. The van der Waals surface area contributed by atoms with Crippen molar-refractivity contribution >= 4 is 11.8 Å². The maximum absolute atomic E-state index is 12.6. The standard InChI is InChI=1S/C14H26O3/c1-7-14(8-2,13(16)17)12(15)11(9(3)4)10(5)6/h9-11H,7-8H2,1-6H3,(H,16,17). The van der Waals surface area contributed by atoms with Gasteiger partial charge in [0.25, 0.3) is 0 Å². The number of hydrogen-bond acceptors (Lipinski definition) is 2. The minimum absolute atomic E-state index is 0.0972. The molecule has 0 spiro atoms. The third kappa shape index (κ3) is 3.08. The molecule has 1 N–H and O–H groups in total. The van der Waals surface area contributed by atoms with Gasteiger partial charge in [-0.15, -0.1) is 0 Å². The minimum Gasteiger partial charge on any atom is -0.480 e. The summed E-state index contributed by atoms with van der Waals surface area (Å²) in [6, 6.07) is 0. The maximum atomic E-state index is 12.6. The van der Waals surface area contributed by atoms with Crippen LogP contribution in [-0.4, -0.2) is 16.9 Å². The van der Waals surface area contributed by atoms with Crippen LogP contribution in [0.3, 0.4) is 0 Å². The van der Waals surface area contributed by atoms with E-state index in [-0.39, 0.29) is 23.5 Å². The van der Waals surface area contributed by atoms with Gasteiger partial charge >= 0.3 is 5.97 Å². The highest BCUT2D eigenvalue weighted by Crippen LogP contribution is 2.36. The Labute approximate surface area is 105 Å². The topological polar surface area (TPSA) is 54.4 Å². The van der Waals surface area contributed by atoms with Crippen molar-refractivity contribution in [2.75, 3.05) is 0 Å². The molecular weight excluding hydrogens is 216 g/mol. The third-order valence-electron chi connectivity index (χ3n) is 3.83. The quantitative estimate of drug-likeness (QED) is 0.696. The van der Waals surface area contributed by atoms with Crippen LogP contribution in [0.2, 0.25) is 0 Å². The molecule has 0 aliphatic carbocycles. The van der Waals surface area contributed by atoms with Crippen LogP contribution >= 0.6 is 0 Å². The molecule has 0 saturated carbocycles. The number of rotatable bonds is 7. The first-order chi connectivity index (χ1) is 7.74. The van der Waals surface area contributed by atoms with Crippen LogP contribution in [0.15, 0.2) is 0 Å². The normalized spacial score (nSPS) is 12.5. The van der Waals surface area contributed by atoms with Gasteiger partial charge in [-0.05, 0) is 24.7 Å². The predicted molar refractivity (Wildman–Crippen MR) is 68.8 cm³/mol. The molecule has 0 fully saturated rings. The Morgan fingerprint density at radius 1 is 1.00 bits per heavy atom. The molecule has 0 unspecified atom stereocenters. The molecule has 0 rings (SSSR count). The summed E-state index contributed by atoms with van der Waals surface area (Å²) in [7, 11) is 0. The molecule has 3 heteroatoms. The number of Topliss-reactive ketones (excluding diaryl/α,β-unsaturated/α-hetero) is 1. The lowest BCUT2D eigenvalue weighted by atomic mass is 9.68. The molecule has 0 aliphatic rings. The van der Waals surface area contributed by atoms with Gasteiger partial charge in [0.2, 0.25) is 0 Å². The number of hydrogen-bond donors (Lipinski definition) is 1. The molecule has 0 saturated heterocycles. The lowest BCUT2D eigenvalue weighted by Crippen LogP contribution is -2.45. The van der Waals surface area contributed by atoms with Crippen LogP contribution in [0, 0.1) is 23.2 Å². The Bertz CT molecular complexity index is 267. The van der Waals surface area contributed by atoms with E-state index in [1.165, 1.54) is 0 Å². The molecule has 0 aromatic heterocycles. The zero-order valence-electron chi connectivity index (χ0n) is 11.9. The Morgan fingerprint density at radius 3 is 1.53 bits per heavy atom. The number of ketones is 1. The highest BCUT2D eigenvalue weighted by atomic mass is 16.4. The highest BCUT2D eigenvalue weighted by molar-refractivity contribution is 6.04. The summed E-state index contributed by atoms with van der Waals surface area (Å²) in [4.78, 5) is 24.0. The van der Waals surface area contributed by atoms with Crippen molar-refractivity contribution in [1.82, 2.24) is 0 Å². The first-order valence-corrected chi connectivity index (χ1v) is 6.52. The van der Waals surface area contributed by atoms with E-state index in [4.69, 9.17) is 0 Å². The Kier molecular flexibility index (Phi) is 5.86. The van der Waals surface area contributed by atoms with Crippen LogP contribution < -0.4 is 0 Å². The van der Waals surface area contributed by atoms with E-state index in [2.05, 4.69) is 0 Å². The van der Waals surface area contributed by atoms with Gasteiger partial charge in [-0.3, -0.25) is 9.59 Å². The number of carbonyl (C=O) groups is 2. The molecule has 0 atom stereocenters.